The summed E-state index contributed by atoms with van der Waals surface area (Å²) in [6, 6.07) is -0.516. The van der Waals surface area contributed by atoms with E-state index in [1.807, 2.05) is 27.7 Å². The van der Waals surface area contributed by atoms with Crippen LogP contribution >= 0.6 is 0 Å². The maximum atomic E-state index is 12.8. The van der Waals surface area contributed by atoms with E-state index in [0.29, 0.717) is 5.41 Å². The van der Waals surface area contributed by atoms with Gasteiger partial charge in [-0.2, -0.15) is 0 Å². The molecule has 2 aliphatic rings. The highest BCUT2D eigenvalue weighted by Crippen LogP contribution is 2.31. The third kappa shape index (κ3) is 5.12. The lowest BCUT2D eigenvalue weighted by Gasteiger charge is -2.44. The van der Waals surface area contributed by atoms with Gasteiger partial charge in [-0.25, -0.2) is 14.5 Å². The van der Waals surface area contributed by atoms with E-state index in [-0.39, 0.29) is 23.7 Å². The predicted molar refractivity (Wildman–Crippen MR) is 105 cm³/mol. The summed E-state index contributed by atoms with van der Waals surface area (Å²) >= 11 is 0. The minimum Gasteiger partial charge on any atom is -0.444 e. The van der Waals surface area contributed by atoms with Gasteiger partial charge in [0.05, 0.1) is 11.6 Å². The van der Waals surface area contributed by atoms with E-state index < -0.39 is 6.09 Å². The van der Waals surface area contributed by atoms with Gasteiger partial charge in [0.2, 0.25) is 0 Å². The number of imide groups is 1. The van der Waals surface area contributed by atoms with Gasteiger partial charge in [0, 0.05) is 13.6 Å². The van der Waals surface area contributed by atoms with Crippen molar-refractivity contribution in [3.8, 4) is 0 Å². The maximum Gasteiger partial charge on any atom is 0.418 e. The average molecular weight is 370 g/mol. The number of carbonyl (C=O) groups is 2. The smallest absolute Gasteiger partial charge is 0.418 e. The summed E-state index contributed by atoms with van der Waals surface area (Å²) in [7, 11) is 1.78. The molecule has 0 saturated carbocycles. The van der Waals surface area contributed by atoms with Gasteiger partial charge < -0.3 is 14.5 Å². The van der Waals surface area contributed by atoms with Gasteiger partial charge in [0.25, 0.3) is 0 Å². The first-order chi connectivity index (χ1) is 11.9. The second kappa shape index (κ2) is 8.59. The van der Waals surface area contributed by atoms with Crippen molar-refractivity contribution in [3.63, 3.8) is 0 Å². The van der Waals surface area contributed by atoms with E-state index in [0.717, 1.165) is 19.6 Å². The van der Waals surface area contributed by atoms with Crippen LogP contribution in [0.2, 0.25) is 0 Å². The summed E-state index contributed by atoms with van der Waals surface area (Å²) < 4.78 is 5.17. The van der Waals surface area contributed by atoms with Gasteiger partial charge in [-0.15, -0.1) is 0 Å². The number of hydrogen-bond acceptors (Lipinski definition) is 4. The molecule has 26 heavy (non-hydrogen) atoms. The summed E-state index contributed by atoms with van der Waals surface area (Å²) in [5, 5.41) is 0. The summed E-state index contributed by atoms with van der Waals surface area (Å²) in [5.41, 5.74) is 0.0532. The number of amides is 3. The molecule has 0 aromatic carbocycles. The third-order valence-corrected chi connectivity index (χ3v) is 5.79. The number of likely N-dealkylation sites (N-methyl/N-ethyl adjacent to an activating group) is 1. The molecule has 2 rings (SSSR count). The number of piperidine rings is 1. The number of hydrogen-bond donors (Lipinski definition) is 0. The molecule has 2 saturated heterocycles. The molecule has 3 amide bonds. The molecular weight excluding hydrogens is 330 g/mol. The predicted octanol–water partition coefficient (Wildman–Crippen LogP) is 4.19. The zero-order valence-electron chi connectivity index (χ0n) is 18.3. The average Bonchev–Trinajstić information content (AvgIpc) is 2.82. The van der Waals surface area contributed by atoms with Crippen LogP contribution in [0.15, 0.2) is 0 Å². The number of rotatable bonds is 3. The van der Waals surface area contributed by atoms with Crippen molar-refractivity contribution in [1.29, 1.82) is 0 Å². The van der Waals surface area contributed by atoms with E-state index >= 15 is 0 Å². The normalized spacial score (nSPS) is 26.0. The summed E-state index contributed by atoms with van der Waals surface area (Å²) in [5.74, 6) is 0. The molecule has 2 atom stereocenters. The third-order valence-electron chi connectivity index (χ3n) is 5.79. The van der Waals surface area contributed by atoms with Crippen LogP contribution in [0, 0.1) is 5.41 Å². The maximum absolute atomic E-state index is 12.8. The Morgan fingerprint density at radius 1 is 1.23 bits per heavy atom. The summed E-state index contributed by atoms with van der Waals surface area (Å²) in [6.45, 7) is 19.3. The van der Waals surface area contributed by atoms with Crippen LogP contribution in [0.3, 0.4) is 0 Å². The van der Waals surface area contributed by atoms with Crippen molar-refractivity contribution >= 4 is 12.1 Å². The lowest BCUT2D eigenvalue weighted by atomic mass is 9.82. The molecule has 2 heterocycles. The van der Waals surface area contributed by atoms with Crippen molar-refractivity contribution in [3.05, 3.63) is 0 Å². The van der Waals surface area contributed by atoms with Gasteiger partial charge >= 0.3 is 12.1 Å². The zero-order chi connectivity index (χ0) is 20.3. The molecule has 152 valence electrons. The highest BCUT2D eigenvalue weighted by atomic mass is 16.6. The number of ether oxygens (including phenoxy) is 1. The molecule has 0 radical (unpaired) electrons. The Bertz CT molecular complexity index is 495. The Hall–Kier alpha value is -1.30. The first-order valence-electron chi connectivity index (χ1n) is 9.95. The van der Waals surface area contributed by atoms with E-state index in [1.54, 1.807) is 11.9 Å². The minimum absolute atomic E-state index is 0.237. The van der Waals surface area contributed by atoms with Crippen LogP contribution in [0.1, 0.15) is 68.2 Å². The first-order valence-corrected chi connectivity index (χ1v) is 9.95. The number of cyclic esters (lactones) is 1. The van der Waals surface area contributed by atoms with Gasteiger partial charge in [0.1, 0.15) is 6.10 Å². The molecule has 2 aliphatic heterocycles. The molecule has 2 fully saturated rings. The molecular formula is C20H39N3O3. The van der Waals surface area contributed by atoms with Crippen LogP contribution in [0.4, 0.5) is 9.59 Å². The number of carbonyl (C=O) groups excluding carboxylic acids is 2. The van der Waals surface area contributed by atoms with Crippen LogP contribution in [0.5, 0.6) is 0 Å². The van der Waals surface area contributed by atoms with Crippen LogP contribution in [-0.2, 0) is 4.74 Å². The lowest BCUT2D eigenvalue weighted by Crippen LogP contribution is -2.58. The molecule has 0 aromatic rings. The first kappa shape index (κ1) is 22.7. The second-order valence-electron chi connectivity index (χ2n) is 8.79. The monoisotopic (exact) mass is 369 g/mol. The SMILES string of the molecule is CC.CC1OC(=O)N(C(=O)N(C)C(C)(C)CN2CCC(C)(C)CC2)C1C. The number of urea groups is 1. The molecule has 0 bridgehead atoms. The Labute approximate surface area is 159 Å². The quantitative estimate of drug-likeness (QED) is 0.748. The van der Waals surface area contributed by atoms with E-state index in [9.17, 15) is 9.59 Å². The van der Waals surface area contributed by atoms with E-state index in [2.05, 4.69) is 32.6 Å². The molecule has 6 nitrogen and oxygen atoms in total. The van der Waals surface area contributed by atoms with Gasteiger partial charge in [-0.3, -0.25) is 0 Å². The highest BCUT2D eigenvalue weighted by molar-refractivity contribution is 5.93. The molecule has 0 spiro atoms. The lowest BCUT2D eigenvalue weighted by molar-refractivity contribution is 0.0641. The fourth-order valence-electron chi connectivity index (χ4n) is 3.33. The Kier molecular flexibility index (Phi) is 7.52. The van der Waals surface area contributed by atoms with Gasteiger partial charge in [-0.05, 0) is 59.0 Å². The molecule has 6 heteroatoms. The van der Waals surface area contributed by atoms with Crippen LogP contribution in [-0.4, -0.2) is 71.2 Å². The van der Waals surface area contributed by atoms with Crippen LogP contribution < -0.4 is 0 Å². The van der Waals surface area contributed by atoms with Gasteiger partial charge in [0.15, 0.2) is 0 Å². The number of nitrogens with zero attached hydrogens (tertiary/aromatic N) is 3. The topological polar surface area (TPSA) is 53.1 Å². The Morgan fingerprint density at radius 3 is 2.15 bits per heavy atom. The largest absolute Gasteiger partial charge is 0.444 e. The van der Waals surface area contributed by atoms with Crippen molar-refractivity contribution in [1.82, 2.24) is 14.7 Å². The van der Waals surface area contributed by atoms with Crippen molar-refractivity contribution < 1.29 is 14.3 Å². The van der Waals surface area contributed by atoms with E-state index in [1.165, 1.54) is 17.7 Å². The van der Waals surface area contributed by atoms with E-state index in [4.69, 9.17) is 4.74 Å². The van der Waals surface area contributed by atoms with Crippen molar-refractivity contribution in [2.45, 2.75) is 85.9 Å². The van der Waals surface area contributed by atoms with Crippen LogP contribution in [0.25, 0.3) is 0 Å². The van der Waals surface area contributed by atoms with Crippen molar-refractivity contribution in [2.24, 2.45) is 5.41 Å². The second-order valence-corrected chi connectivity index (χ2v) is 8.79. The number of likely N-dealkylation sites (tertiary alicyclic amines) is 1. The fourth-order valence-corrected chi connectivity index (χ4v) is 3.33. The summed E-state index contributed by atoms with van der Waals surface area (Å²) in [6.07, 6.45) is 1.55. The standard InChI is InChI=1S/C18H33N3O3.C2H6/c1-13-14(2)24-16(23)21(13)15(22)19(7)18(5,6)12-20-10-8-17(3,4)9-11-20;1-2/h13-14H,8-12H2,1-7H3;1-2H3. The molecule has 0 aliphatic carbocycles. The molecule has 0 aromatic heterocycles. The fraction of sp³-hybridized carbons (Fsp3) is 0.900. The van der Waals surface area contributed by atoms with Crippen molar-refractivity contribution in [2.75, 3.05) is 26.7 Å². The highest BCUT2D eigenvalue weighted by Gasteiger charge is 2.44. The zero-order valence-corrected chi connectivity index (χ0v) is 18.3. The Morgan fingerprint density at radius 2 is 1.73 bits per heavy atom. The Balaban J connectivity index is 0.00000163. The molecule has 0 N–H and O–H groups in total. The minimum atomic E-state index is -0.539. The molecule has 2 unspecified atom stereocenters. The summed E-state index contributed by atoms with van der Waals surface area (Å²) in [4.78, 5) is 30.2. The van der Waals surface area contributed by atoms with Gasteiger partial charge in [-0.1, -0.05) is 27.7 Å².